The lowest BCUT2D eigenvalue weighted by Crippen LogP contribution is -1.80. The van der Waals surface area contributed by atoms with Gasteiger partial charge in [-0.05, 0) is 19.9 Å². The van der Waals surface area contributed by atoms with Crippen molar-refractivity contribution in [3.8, 4) is 11.3 Å². The lowest BCUT2D eigenvalue weighted by Gasteiger charge is -1.96. The number of hydrogen-bond donors (Lipinski definition) is 1. The van der Waals surface area contributed by atoms with Crippen molar-refractivity contribution in [1.29, 1.82) is 0 Å². The Morgan fingerprint density at radius 1 is 1.21 bits per heavy atom. The predicted molar refractivity (Wildman–Crippen MR) is 79.8 cm³/mol. The molecule has 19 heavy (non-hydrogen) atoms. The Kier molecular flexibility index (Phi) is 2.11. The highest BCUT2D eigenvalue weighted by atomic mass is 32.1. The van der Waals surface area contributed by atoms with Crippen molar-refractivity contribution in [2.75, 3.05) is 0 Å². The van der Waals surface area contributed by atoms with Crippen LogP contribution in [0.4, 0.5) is 0 Å². The van der Waals surface area contributed by atoms with E-state index in [1.165, 1.54) is 27.9 Å². The molecule has 0 saturated heterocycles. The van der Waals surface area contributed by atoms with Gasteiger partial charge in [-0.15, -0.1) is 11.3 Å². The van der Waals surface area contributed by atoms with Crippen LogP contribution >= 0.6 is 11.3 Å². The third-order valence-electron chi connectivity index (χ3n) is 3.54. The second kappa shape index (κ2) is 3.71. The number of H-pyrrole nitrogens is 1. The van der Waals surface area contributed by atoms with Crippen molar-refractivity contribution in [2.45, 2.75) is 13.8 Å². The van der Waals surface area contributed by atoms with Crippen molar-refractivity contribution in [3.63, 3.8) is 0 Å². The van der Waals surface area contributed by atoms with Gasteiger partial charge in [0.05, 0.1) is 5.69 Å². The number of benzene rings is 1. The summed E-state index contributed by atoms with van der Waals surface area (Å²) in [5.41, 5.74) is 5.83. The van der Waals surface area contributed by atoms with Crippen LogP contribution in [0, 0.1) is 13.8 Å². The van der Waals surface area contributed by atoms with Gasteiger partial charge in [0.2, 0.25) is 0 Å². The average molecular weight is 267 g/mol. The standard InChI is InChI=1S/C15H13N3S/c1-9-8-19-15-17-13(7-18(9)15)14-10(2)16-12-6-4-3-5-11(12)14/h3-8,16H,1-2H3. The summed E-state index contributed by atoms with van der Waals surface area (Å²) in [4.78, 5) is 9.23. The van der Waals surface area contributed by atoms with Gasteiger partial charge >= 0.3 is 0 Å². The zero-order valence-electron chi connectivity index (χ0n) is 10.8. The first-order valence-corrected chi connectivity index (χ1v) is 7.13. The molecule has 0 atom stereocenters. The first kappa shape index (κ1) is 10.8. The Bertz CT molecular complexity index is 895. The van der Waals surface area contributed by atoms with Crippen LogP contribution in [0.25, 0.3) is 27.1 Å². The highest BCUT2D eigenvalue weighted by Crippen LogP contribution is 2.32. The van der Waals surface area contributed by atoms with Gasteiger partial charge < -0.3 is 4.98 Å². The third-order valence-corrected chi connectivity index (χ3v) is 4.50. The molecule has 3 heterocycles. The fourth-order valence-electron chi connectivity index (χ4n) is 2.62. The van der Waals surface area contributed by atoms with E-state index in [0.717, 1.165) is 10.7 Å². The molecule has 0 aliphatic heterocycles. The van der Waals surface area contributed by atoms with Gasteiger partial charge in [0.1, 0.15) is 0 Å². The SMILES string of the molecule is Cc1[nH]c2ccccc2c1-c1cn2c(C)csc2n1. The zero-order chi connectivity index (χ0) is 13.0. The van der Waals surface area contributed by atoms with Crippen molar-refractivity contribution in [2.24, 2.45) is 0 Å². The number of nitrogens with zero attached hydrogens (tertiary/aromatic N) is 2. The second-order valence-corrected chi connectivity index (χ2v) is 5.66. The molecule has 0 radical (unpaired) electrons. The Balaban J connectivity index is 2.05. The number of thiazole rings is 1. The molecule has 4 aromatic rings. The summed E-state index contributed by atoms with van der Waals surface area (Å²) in [7, 11) is 0. The fourth-order valence-corrected chi connectivity index (χ4v) is 3.47. The van der Waals surface area contributed by atoms with Crippen molar-refractivity contribution in [3.05, 3.63) is 47.2 Å². The van der Waals surface area contributed by atoms with Gasteiger partial charge in [-0.3, -0.25) is 4.40 Å². The summed E-state index contributed by atoms with van der Waals surface area (Å²) >= 11 is 1.68. The number of hydrogen-bond acceptors (Lipinski definition) is 2. The van der Waals surface area contributed by atoms with E-state index in [2.05, 4.69) is 59.1 Å². The Labute approximate surface area is 114 Å². The van der Waals surface area contributed by atoms with Crippen LogP contribution in [0.15, 0.2) is 35.8 Å². The van der Waals surface area contributed by atoms with E-state index in [1.54, 1.807) is 11.3 Å². The largest absolute Gasteiger partial charge is 0.358 e. The first-order chi connectivity index (χ1) is 9.24. The molecule has 3 aromatic heterocycles. The van der Waals surface area contributed by atoms with E-state index in [-0.39, 0.29) is 0 Å². The summed E-state index contributed by atoms with van der Waals surface area (Å²) < 4.78 is 2.15. The lowest BCUT2D eigenvalue weighted by molar-refractivity contribution is 1.13. The maximum absolute atomic E-state index is 4.75. The van der Waals surface area contributed by atoms with E-state index >= 15 is 0 Å². The van der Waals surface area contributed by atoms with E-state index in [9.17, 15) is 0 Å². The van der Waals surface area contributed by atoms with Crippen LogP contribution < -0.4 is 0 Å². The molecular weight excluding hydrogens is 254 g/mol. The van der Waals surface area contributed by atoms with E-state index < -0.39 is 0 Å². The molecular formula is C15H13N3S. The minimum atomic E-state index is 1.05. The number of nitrogens with one attached hydrogen (secondary N) is 1. The van der Waals surface area contributed by atoms with Gasteiger partial charge in [-0.1, -0.05) is 18.2 Å². The topological polar surface area (TPSA) is 33.1 Å². The van der Waals surface area contributed by atoms with Crippen molar-refractivity contribution in [1.82, 2.24) is 14.4 Å². The summed E-state index contributed by atoms with van der Waals surface area (Å²) in [5, 5.41) is 3.37. The smallest absolute Gasteiger partial charge is 0.194 e. The molecule has 0 unspecified atom stereocenters. The Hall–Kier alpha value is -2.07. The minimum Gasteiger partial charge on any atom is -0.358 e. The summed E-state index contributed by atoms with van der Waals surface area (Å²) in [6.07, 6.45) is 2.13. The average Bonchev–Trinajstić information content (AvgIpc) is 3.03. The number of imidazole rings is 1. The highest BCUT2D eigenvalue weighted by molar-refractivity contribution is 7.15. The molecule has 1 N–H and O–H groups in total. The fraction of sp³-hybridized carbons (Fsp3) is 0.133. The summed E-state index contributed by atoms with van der Waals surface area (Å²) in [6, 6.07) is 8.38. The van der Waals surface area contributed by atoms with Gasteiger partial charge in [0.25, 0.3) is 0 Å². The summed E-state index contributed by atoms with van der Waals surface area (Å²) in [6.45, 7) is 4.21. The quantitative estimate of drug-likeness (QED) is 0.552. The molecule has 0 aliphatic carbocycles. The van der Waals surface area contributed by atoms with Crippen molar-refractivity contribution >= 4 is 27.2 Å². The van der Waals surface area contributed by atoms with Crippen LogP contribution in [0.1, 0.15) is 11.4 Å². The van der Waals surface area contributed by atoms with Crippen LogP contribution in [-0.2, 0) is 0 Å². The number of aromatic amines is 1. The maximum Gasteiger partial charge on any atom is 0.194 e. The van der Waals surface area contributed by atoms with Gasteiger partial charge in [0, 0.05) is 39.4 Å². The Morgan fingerprint density at radius 2 is 2.05 bits per heavy atom. The number of aromatic nitrogens is 3. The predicted octanol–water partition coefficient (Wildman–Crippen LogP) is 4.16. The van der Waals surface area contributed by atoms with E-state index in [4.69, 9.17) is 4.98 Å². The molecule has 94 valence electrons. The highest BCUT2D eigenvalue weighted by Gasteiger charge is 2.14. The minimum absolute atomic E-state index is 1.05. The molecule has 3 nitrogen and oxygen atoms in total. The summed E-state index contributed by atoms with van der Waals surface area (Å²) in [5.74, 6) is 0. The Morgan fingerprint density at radius 3 is 2.89 bits per heavy atom. The number of rotatable bonds is 1. The van der Waals surface area contributed by atoms with Gasteiger partial charge in [-0.25, -0.2) is 4.98 Å². The number of para-hydroxylation sites is 1. The van der Waals surface area contributed by atoms with Crippen molar-refractivity contribution < 1.29 is 0 Å². The normalized spacial score (nSPS) is 11.7. The zero-order valence-corrected chi connectivity index (χ0v) is 11.6. The van der Waals surface area contributed by atoms with Gasteiger partial charge in [-0.2, -0.15) is 0 Å². The molecule has 1 aromatic carbocycles. The molecule has 0 aliphatic rings. The molecule has 0 amide bonds. The van der Waals surface area contributed by atoms with Crippen LogP contribution in [0.2, 0.25) is 0 Å². The van der Waals surface area contributed by atoms with Crippen LogP contribution in [0.5, 0.6) is 0 Å². The first-order valence-electron chi connectivity index (χ1n) is 6.25. The van der Waals surface area contributed by atoms with E-state index in [1.807, 2.05) is 0 Å². The second-order valence-electron chi connectivity index (χ2n) is 4.83. The molecule has 0 fully saturated rings. The maximum atomic E-state index is 4.75. The molecule has 0 saturated carbocycles. The number of fused-ring (bicyclic) bond motifs is 2. The van der Waals surface area contributed by atoms with Gasteiger partial charge in [0.15, 0.2) is 4.96 Å². The van der Waals surface area contributed by atoms with Crippen LogP contribution in [-0.4, -0.2) is 14.4 Å². The van der Waals surface area contributed by atoms with E-state index in [0.29, 0.717) is 0 Å². The lowest BCUT2D eigenvalue weighted by atomic mass is 10.1. The number of aryl methyl sites for hydroxylation is 2. The third kappa shape index (κ3) is 1.47. The molecule has 4 rings (SSSR count). The molecule has 4 heteroatoms. The molecule has 0 bridgehead atoms. The monoisotopic (exact) mass is 267 g/mol. The van der Waals surface area contributed by atoms with Crippen LogP contribution in [0.3, 0.4) is 0 Å². The molecule has 0 spiro atoms.